The summed E-state index contributed by atoms with van der Waals surface area (Å²) in [6, 6.07) is 0. The van der Waals surface area contributed by atoms with E-state index in [1.807, 2.05) is 0 Å². The van der Waals surface area contributed by atoms with Gasteiger partial charge in [0.15, 0.2) is 5.82 Å². The summed E-state index contributed by atoms with van der Waals surface area (Å²) in [6.45, 7) is 0.169. The molecule has 9 heteroatoms. The van der Waals surface area contributed by atoms with Gasteiger partial charge in [-0.15, -0.1) is 0 Å². The van der Waals surface area contributed by atoms with E-state index in [4.69, 9.17) is 5.73 Å². The molecule has 0 radical (unpaired) electrons. The van der Waals surface area contributed by atoms with Crippen molar-refractivity contribution in [3.05, 3.63) is 33.1 Å². The first-order valence-corrected chi connectivity index (χ1v) is 4.67. The molecule has 90 valence electrons. The molecule has 2 rings (SSSR count). The lowest BCUT2D eigenvalue weighted by Gasteiger charge is -2.08. The molecule has 2 aromatic rings. The highest BCUT2D eigenvalue weighted by atomic mass is 16.5. The number of H-pyrrole nitrogens is 1. The quantitative estimate of drug-likeness (QED) is 0.602. The van der Waals surface area contributed by atoms with E-state index in [1.54, 1.807) is 0 Å². The normalized spacial score (nSPS) is 10.4. The molecule has 2 aromatic heterocycles. The van der Waals surface area contributed by atoms with Gasteiger partial charge in [0.05, 0.1) is 6.54 Å². The number of aromatic nitrogens is 4. The molecule has 9 nitrogen and oxygen atoms in total. The van der Waals surface area contributed by atoms with Crippen molar-refractivity contribution in [1.29, 1.82) is 0 Å². The summed E-state index contributed by atoms with van der Waals surface area (Å²) in [5.41, 5.74) is 4.57. The van der Waals surface area contributed by atoms with Gasteiger partial charge in [-0.2, -0.15) is 4.98 Å². The average molecular weight is 238 g/mol. The third-order valence-electron chi connectivity index (χ3n) is 2.20. The van der Waals surface area contributed by atoms with Crippen molar-refractivity contribution in [2.24, 2.45) is 7.05 Å². The second-order valence-electron chi connectivity index (χ2n) is 3.28. The molecule has 0 saturated heterocycles. The Labute approximate surface area is 94.3 Å². The lowest BCUT2D eigenvalue weighted by molar-refractivity contribution is 0.411. The van der Waals surface area contributed by atoms with Gasteiger partial charge in [-0.05, 0) is 0 Å². The van der Waals surface area contributed by atoms with Crippen LogP contribution in [0, 0.1) is 0 Å². The molecule has 0 fully saturated rings. The largest absolute Gasteiger partial charge is 0.383 e. The van der Waals surface area contributed by atoms with E-state index in [0.29, 0.717) is 5.82 Å². The molecule has 0 aliphatic rings. The number of nitrogen functional groups attached to an aromatic ring is 1. The molecule has 0 saturated carbocycles. The van der Waals surface area contributed by atoms with E-state index in [-0.39, 0.29) is 18.1 Å². The van der Waals surface area contributed by atoms with Gasteiger partial charge in [0.2, 0.25) is 6.39 Å². The molecular weight excluding hydrogens is 228 g/mol. The molecule has 0 unspecified atom stereocenters. The van der Waals surface area contributed by atoms with E-state index in [1.165, 1.54) is 13.4 Å². The van der Waals surface area contributed by atoms with Crippen LogP contribution in [0.3, 0.4) is 0 Å². The van der Waals surface area contributed by atoms with E-state index in [0.717, 1.165) is 4.57 Å². The number of aromatic amines is 1. The number of nitrogens with zero attached hydrogens (tertiary/aromatic N) is 3. The van der Waals surface area contributed by atoms with E-state index < -0.39 is 11.2 Å². The average Bonchev–Trinajstić information content (AvgIpc) is 2.79. The molecule has 0 aromatic carbocycles. The molecule has 0 aliphatic carbocycles. The molecule has 0 amide bonds. The van der Waals surface area contributed by atoms with Crippen LogP contribution >= 0.6 is 0 Å². The van der Waals surface area contributed by atoms with Crippen LogP contribution in [-0.4, -0.2) is 19.7 Å². The van der Waals surface area contributed by atoms with Crippen LogP contribution in [0.25, 0.3) is 0 Å². The zero-order valence-corrected chi connectivity index (χ0v) is 8.93. The van der Waals surface area contributed by atoms with Crippen LogP contribution in [0.5, 0.6) is 0 Å². The Bertz CT molecular complexity index is 626. The first-order valence-electron chi connectivity index (χ1n) is 4.67. The minimum atomic E-state index is -0.589. The fourth-order valence-electron chi connectivity index (χ4n) is 1.25. The fraction of sp³-hybridized carbons (Fsp3) is 0.250. The summed E-state index contributed by atoms with van der Waals surface area (Å²) in [4.78, 5) is 28.6. The predicted octanol–water partition coefficient (Wildman–Crippen LogP) is -1.35. The van der Waals surface area contributed by atoms with Crippen molar-refractivity contribution in [3.63, 3.8) is 0 Å². The second-order valence-corrected chi connectivity index (χ2v) is 3.28. The molecule has 17 heavy (non-hydrogen) atoms. The van der Waals surface area contributed by atoms with Gasteiger partial charge in [-0.25, -0.2) is 4.79 Å². The van der Waals surface area contributed by atoms with Crippen molar-refractivity contribution in [2.75, 3.05) is 11.1 Å². The monoisotopic (exact) mass is 238 g/mol. The molecule has 0 atom stereocenters. The molecular formula is C8H10N6O3. The topological polar surface area (TPSA) is 132 Å². The highest BCUT2D eigenvalue weighted by Gasteiger charge is 2.10. The molecule has 0 spiro atoms. The summed E-state index contributed by atoms with van der Waals surface area (Å²) in [5, 5.41) is 6.30. The first kappa shape index (κ1) is 10.9. The van der Waals surface area contributed by atoms with Crippen LogP contribution in [0.1, 0.15) is 5.82 Å². The van der Waals surface area contributed by atoms with Gasteiger partial charge in [0.25, 0.3) is 5.56 Å². The van der Waals surface area contributed by atoms with Crippen LogP contribution in [0.4, 0.5) is 11.5 Å². The maximum Gasteiger partial charge on any atom is 0.329 e. The van der Waals surface area contributed by atoms with Crippen LogP contribution < -0.4 is 22.3 Å². The van der Waals surface area contributed by atoms with Gasteiger partial charge in [-0.1, -0.05) is 5.16 Å². The summed E-state index contributed by atoms with van der Waals surface area (Å²) in [7, 11) is 1.45. The number of nitrogens with two attached hydrogens (primary N) is 1. The Morgan fingerprint density at radius 2 is 2.35 bits per heavy atom. The van der Waals surface area contributed by atoms with Gasteiger partial charge in [0.1, 0.15) is 11.5 Å². The van der Waals surface area contributed by atoms with Crippen LogP contribution in [0.2, 0.25) is 0 Å². The Hall–Kier alpha value is -2.58. The van der Waals surface area contributed by atoms with Crippen molar-refractivity contribution in [1.82, 2.24) is 19.7 Å². The maximum absolute atomic E-state index is 11.5. The van der Waals surface area contributed by atoms with Crippen molar-refractivity contribution in [2.45, 2.75) is 6.54 Å². The molecule has 4 N–H and O–H groups in total. The lowest BCUT2D eigenvalue weighted by Crippen LogP contribution is -2.32. The van der Waals surface area contributed by atoms with Crippen molar-refractivity contribution >= 4 is 11.5 Å². The minimum absolute atomic E-state index is 0.0437. The summed E-state index contributed by atoms with van der Waals surface area (Å²) < 4.78 is 5.66. The van der Waals surface area contributed by atoms with E-state index >= 15 is 0 Å². The first-order chi connectivity index (χ1) is 8.09. The fourth-order valence-corrected chi connectivity index (χ4v) is 1.25. The molecule has 2 heterocycles. The van der Waals surface area contributed by atoms with Gasteiger partial charge in [0, 0.05) is 7.05 Å². The zero-order valence-electron chi connectivity index (χ0n) is 8.93. The smallest absolute Gasteiger partial charge is 0.329 e. The zero-order chi connectivity index (χ0) is 12.4. The Kier molecular flexibility index (Phi) is 2.65. The standard InChI is InChI=1S/C8H10N6O3/c1-14-6(9)5(7(15)12-8(14)16)10-2-4-11-3-17-13-4/h3,10H,2,9H2,1H3,(H,12,15,16). The minimum Gasteiger partial charge on any atom is -0.383 e. The highest BCUT2D eigenvalue weighted by Crippen LogP contribution is 2.08. The summed E-state index contributed by atoms with van der Waals surface area (Å²) in [5.74, 6) is 0.417. The number of rotatable bonds is 3. The van der Waals surface area contributed by atoms with Gasteiger partial charge < -0.3 is 15.6 Å². The van der Waals surface area contributed by atoms with Gasteiger partial charge in [-0.3, -0.25) is 14.3 Å². The Balaban J connectivity index is 2.30. The second kappa shape index (κ2) is 4.12. The number of nitrogens with one attached hydrogen (secondary N) is 2. The van der Waals surface area contributed by atoms with Crippen molar-refractivity contribution < 1.29 is 4.52 Å². The molecule has 0 bridgehead atoms. The highest BCUT2D eigenvalue weighted by molar-refractivity contribution is 5.60. The maximum atomic E-state index is 11.5. The lowest BCUT2D eigenvalue weighted by atomic mass is 10.4. The van der Waals surface area contributed by atoms with Crippen LogP contribution in [-0.2, 0) is 13.6 Å². The van der Waals surface area contributed by atoms with E-state index in [2.05, 4.69) is 25.0 Å². The summed E-state index contributed by atoms with van der Waals surface area (Å²) >= 11 is 0. The number of hydrogen-bond donors (Lipinski definition) is 3. The summed E-state index contributed by atoms with van der Waals surface area (Å²) in [6.07, 6.45) is 1.17. The Morgan fingerprint density at radius 3 is 3.00 bits per heavy atom. The molecule has 0 aliphatic heterocycles. The predicted molar refractivity (Wildman–Crippen MR) is 58.3 cm³/mol. The van der Waals surface area contributed by atoms with Crippen LogP contribution in [0.15, 0.2) is 20.5 Å². The van der Waals surface area contributed by atoms with E-state index in [9.17, 15) is 9.59 Å². The third-order valence-corrected chi connectivity index (χ3v) is 2.20. The third kappa shape index (κ3) is 2.02. The SMILES string of the molecule is Cn1c(N)c(NCc2ncon2)c(=O)[nH]c1=O. The van der Waals surface area contributed by atoms with Gasteiger partial charge >= 0.3 is 5.69 Å². The number of anilines is 2. The number of hydrogen-bond acceptors (Lipinski definition) is 7. The van der Waals surface area contributed by atoms with Crippen molar-refractivity contribution in [3.8, 4) is 0 Å². The Morgan fingerprint density at radius 1 is 1.59 bits per heavy atom.